The zero-order valence-corrected chi connectivity index (χ0v) is 11.8. The van der Waals surface area contributed by atoms with Crippen LogP contribution in [-0.2, 0) is 0 Å². The van der Waals surface area contributed by atoms with Crippen molar-refractivity contribution in [2.24, 2.45) is 0 Å². The molecule has 5 nitrogen and oxygen atoms in total. The molecule has 1 aliphatic rings. The van der Waals surface area contributed by atoms with Crippen molar-refractivity contribution < 1.29 is 9.66 Å². The number of hydrogen-bond donors (Lipinski definition) is 1. The summed E-state index contributed by atoms with van der Waals surface area (Å²) in [5, 5.41) is 14.3. The molecule has 0 amide bonds. The standard InChI is InChI=1S/C15H13ClN2O3/c16-12-9-10(5-6-14(12)18(19)20)17-13-7-8-21-15-4-2-1-3-11(13)15/h1-6,9,13,17H,7-8H2. The number of fused-ring (bicyclic) bond motifs is 1. The molecule has 1 atom stereocenters. The normalized spacial score (nSPS) is 16.7. The van der Waals surface area contributed by atoms with E-state index in [9.17, 15) is 10.1 Å². The zero-order valence-electron chi connectivity index (χ0n) is 11.1. The molecule has 2 aromatic carbocycles. The van der Waals surface area contributed by atoms with Crippen molar-refractivity contribution in [2.75, 3.05) is 11.9 Å². The second-order valence-corrected chi connectivity index (χ2v) is 5.20. The summed E-state index contributed by atoms with van der Waals surface area (Å²) in [6.45, 7) is 0.634. The maximum atomic E-state index is 10.8. The molecule has 1 N–H and O–H groups in total. The van der Waals surface area contributed by atoms with Gasteiger partial charge >= 0.3 is 0 Å². The molecular formula is C15H13ClN2O3. The first-order chi connectivity index (χ1) is 10.1. The lowest BCUT2D eigenvalue weighted by molar-refractivity contribution is -0.384. The van der Waals surface area contributed by atoms with Gasteiger partial charge in [0.05, 0.1) is 17.6 Å². The van der Waals surface area contributed by atoms with E-state index in [0.29, 0.717) is 6.61 Å². The van der Waals surface area contributed by atoms with Gasteiger partial charge in [-0.3, -0.25) is 10.1 Å². The molecule has 6 heteroatoms. The molecule has 2 aromatic rings. The first kappa shape index (κ1) is 13.7. The summed E-state index contributed by atoms with van der Waals surface area (Å²) in [6.07, 6.45) is 0.825. The summed E-state index contributed by atoms with van der Waals surface area (Å²) in [7, 11) is 0. The fraction of sp³-hybridized carbons (Fsp3) is 0.200. The molecule has 0 saturated heterocycles. The van der Waals surface area contributed by atoms with Crippen LogP contribution in [0.1, 0.15) is 18.0 Å². The van der Waals surface area contributed by atoms with Crippen molar-refractivity contribution in [3.8, 4) is 5.75 Å². The van der Waals surface area contributed by atoms with E-state index in [2.05, 4.69) is 5.32 Å². The Balaban J connectivity index is 1.85. The van der Waals surface area contributed by atoms with E-state index in [1.807, 2.05) is 24.3 Å². The van der Waals surface area contributed by atoms with Gasteiger partial charge < -0.3 is 10.1 Å². The van der Waals surface area contributed by atoms with Crippen molar-refractivity contribution in [1.82, 2.24) is 0 Å². The highest BCUT2D eigenvalue weighted by atomic mass is 35.5. The van der Waals surface area contributed by atoms with Crippen LogP contribution in [0.2, 0.25) is 5.02 Å². The predicted octanol–water partition coefficient (Wildman–Crippen LogP) is 4.18. The lowest BCUT2D eigenvalue weighted by atomic mass is 10.0. The summed E-state index contributed by atoms with van der Waals surface area (Å²) < 4.78 is 5.61. The number of nitro benzene ring substituents is 1. The molecule has 0 aliphatic carbocycles. The van der Waals surface area contributed by atoms with Crippen LogP contribution >= 0.6 is 11.6 Å². The number of nitrogens with zero attached hydrogens (tertiary/aromatic N) is 1. The summed E-state index contributed by atoms with van der Waals surface area (Å²) in [4.78, 5) is 10.3. The van der Waals surface area contributed by atoms with Crippen molar-refractivity contribution in [3.05, 3.63) is 63.2 Å². The third-order valence-electron chi connectivity index (χ3n) is 3.44. The molecule has 1 aliphatic heterocycles. The van der Waals surface area contributed by atoms with Gasteiger partial charge in [-0.25, -0.2) is 0 Å². The fourth-order valence-corrected chi connectivity index (χ4v) is 2.69. The average molecular weight is 305 g/mol. The number of anilines is 1. The van der Waals surface area contributed by atoms with Gasteiger partial charge in [0.2, 0.25) is 0 Å². The van der Waals surface area contributed by atoms with Gasteiger partial charge in [-0.15, -0.1) is 0 Å². The van der Waals surface area contributed by atoms with E-state index in [1.54, 1.807) is 12.1 Å². The Kier molecular flexibility index (Phi) is 3.66. The van der Waals surface area contributed by atoms with Gasteiger partial charge in [0, 0.05) is 23.7 Å². The minimum atomic E-state index is -0.490. The Morgan fingerprint density at radius 2 is 2.10 bits per heavy atom. The summed E-state index contributed by atoms with van der Waals surface area (Å²) in [6, 6.07) is 12.6. The second kappa shape index (κ2) is 5.61. The number of nitro groups is 1. The van der Waals surface area contributed by atoms with E-state index in [0.717, 1.165) is 23.4 Å². The molecular weight excluding hydrogens is 292 g/mol. The van der Waals surface area contributed by atoms with Gasteiger partial charge in [0.25, 0.3) is 5.69 Å². The highest BCUT2D eigenvalue weighted by Crippen LogP contribution is 2.35. The van der Waals surface area contributed by atoms with E-state index >= 15 is 0 Å². The lowest BCUT2D eigenvalue weighted by Crippen LogP contribution is -2.20. The molecule has 0 saturated carbocycles. The number of nitrogens with one attached hydrogen (secondary N) is 1. The van der Waals surface area contributed by atoms with Crippen molar-refractivity contribution in [2.45, 2.75) is 12.5 Å². The largest absolute Gasteiger partial charge is 0.493 e. The molecule has 1 unspecified atom stereocenters. The summed E-state index contributed by atoms with van der Waals surface area (Å²) in [5.74, 6) is 0.870. The minimum absolute atomic E-state index is 0.0883. The monoisotopic (exact) mass is 304 g/mol. The van der Waals surface area contributed by atoms with E-state index < -0.39 is 4.92 Å². The molecule has 0 fully saturated rings. The number of para-hydroxylation sites is 1. The van der Waals surface area contributed by atoms with Crippen LogP contribution in [0.5, 0.6) is 5.75 Å². The van der Waals surface area contributed by atoms with E-state index in [-0.39, 0.29) is 16.8 Å². The smallest absolute Gasteiger partial charge is 0.288 e. The molecule has 0 radical (unpaired) electrons. The van der Waals surface area contributed by atoms with Crippen LogP contribution < -0.4 is 10.1 Å². The molecule has 0 aromatic heterocycles. The Bertz CT molecular complexity index is 690. The Morgan fingerprint density at radius 3 is 2.86 bits per heavy atom. The molecule has 0 spiro atoms. The van der Waals surface area contributed by atoms with Crippen LogP contribution in [-0.4, -0.2) is 11.5 Å². The molecule has 1 heterocycles. The Morgan fingerprint density at radius 1 is 1.29 bits per heavy atom. The number of hydrogen-bond acceptors (Lipinski definition) is 4. The van der Waals surface area contributed by atoms with E-state index in [1.165, 1.54) is 6.07 Å². The predicted molar refractivity (Wildman–Crippen MR) is 81.0 cm³/mol. The van der Waals surface area contributed by atoms with Crippen molar-refractivity contribution >= 4 is 23.0 Å². The highest BCUT2D eigenvalue weighted by molar-refractivity contribution is 6.32. The van der Waals surface area contributed by atoms with Gasteiger partial charge in [0.1, 0.15) is 10.8 Å². The van der Waals surface area contributed by atoms with E-state index in [4.69, 9.17) is 16.3 Å². The number of benzene rings is 2. The number of ether oxygens (including phenoxy) is 1. The second-order valence-electron chi connectivity index (χ2n) is 4.80. The minimum Gasteiger partial charge on any atom is -0.493 e. The van der Waals surface area contributed by atoms with Crippen LogP contribution in [0, 0.1) is 10.1 Å². The Labute approximate surface area is 126 Å². The lowest BCUT2D eigenvalue weighted by Gasteiger charge is -2.27. The van der Waals surface area contributed by atoms with Gasteiger partial charge in [-0.2, -0.15) is 0 Å². The van der Waals surface area contributed by atoms with Crippen molar-refractivity contribution in [3.63, 3.8) is 0 Å². The summed E-state index contributed by atoms with van der Waals surface area (Å²) >= 11 is 5.94. The molecule has 108 valence electrons. The number of rotatable bonds is 3. The first-order valence-corrected chi connectivity index (χ1v) is 6.95. The van der Waals surface area contributed by atoms with Crippen LogP contribution in [0.25, 0.3) is 0 Å². The maximum Gasteiger partial charge on any atom is 0.288 e. The quantitative estimate of drug-likeness (QED) is 0.682. The SMILES string of the molecule is O=[N+]([O-])c1ccc(NC2CCOc3ccccc32)cc1Cl. The maximum absolute atomic E-state index is 10.8. The van der Waals surface area contributed by atoms with Crippen LogP contribution in [0.3, 0.4) is 0 Å². The average Bonchev–Trinajstić information content (AvgIpc) is 2.47. The third-order valence-corrected chi connectivity index (χ3v) is 3.75. The Hall–Kier alpha value is -2.27. The molecule has 21 heavy (non-hydrogen) atoms. The molecule has 0 bridgehead atoms. The van der Waals surface area contributed by atoms with Crippen LogP contribution in [0.15, 0.2) is 42.5 Å². The third kappa shape index (κ3) is 2.78. The summed E-state index contributed by atoms with van der Waals surface area (Å²) in [5.41, 5.74) is 1.75. The van der Waals surface area contributed by atoms with Gasteiger partial charge in [0.15, 0.2) is 0 Å². The van der Waals surface area contributed by atoms with Gasteiger partial charge in [-0.05, 0) is 18.2 Å². The zero-order chi connectivity index (χ0) is 14.8. The first-order valence-electron chi connectivity index (χ1n) is 6.57. The topological polar surface area (TPSA) is 64.4 Å². The molecule has 3 rings (SSSR count). The fourth-order valence-electron chi connectivity index (χ4n) is 2.44. The highest BCUT2D eigenvalue weighted by Gasteiger charge is 2.21. The van der Waals surface area contributed by atoms with Crippen molar-refractivity contribution in [1.29, 1.82) is 0 Å². The number of halogens is 1. The van der Waals surface area contributed by atoms with Crippen LogP contribution in [0.4, 0.5) is 11.4 Å². The van der Waals surface area contributed by atoms with Gasteiger partial charge in [-0.1, -0.05) is 29.8 Å².